The van der Waals surface area contributed by atoms with Crippen molar-refractivity contribution in [3.8, 4) is 0 Å². The van der Waals surface area contributed by atoms with Gasteiger partial charge in [0.15, 0.2) is 6.10 Å². The van der Waals surface area contributed by atoms with Crippen molar-refractivity contribution in [2.24, 2.45) is 0 Å². The van der Waals surface area contributed by atoms with E-state index in [0.717, 1.165) is 173 Å². The van der Waals surface area contributed by atoms with Crippen LogP contribution in [0.5, 0.6) is 0 Å². The summed E-state index contributed by atoms with van der Waals surface area (Å²) in [6, 6.07) is 0. The predicted molar refractivity (Wildman–Crippen MR) is 288 cm³/mol. The van der Waals surface area contributed by atoms with Crippen LogP contribution in [0.4, 0.5) is 0 Å². The molecule has 0 aliphatic rings. The van der Waals surface area contributed by atoms with Gasteiger partial charge in [0.25, 0.3) is 0 Å². The number of ether oxygens (including phenoxy) is 3. The van der Waals surface area contributed by atoms with E-state index in [1.54, 1.807) is 0 Å². The minimum atomic E-state index is -0.813. The molecule has 0 saturated carbocycles. The Bertz CT molecular complexity index is 1400. The number of carbonyl (C=O) groups excluding carboxylic acids is 3. The maximum atomic E-state index is 12.8. The second-order valence-corrected chi connectivity index (χ2v) is 17.0. The van der Waals surface area contributed by atoms with E-state index in [1.165, 1.54) is 0 Å². The third kappa shape index (κ3) is 52.4. The van der Waals surface area contributed by atoms with Crippen molar-refractivity contribution in [3.05, 3.63) is 134 Å². The summed E-state index contributed by atoms with van der Waals surface area (Å²) in [5.74, 6) is -0.981. The molecule has 0 unspecified atom stereocenters. The van der Waals surface area contributed by atoms with Crippen LogP contribution in [-0.2, 0) is 28.6 Å². The van der Waals surface area contributed by atoms with E-state index in [9.17, 15) is 14.4 Å². The average Bonchev–Trinajstić information content (AvgIpc) is 3.33. The largest absolute Gasteiger partial charge is 0.462 e. The maximum absolute atomic E-state index is 12.8. The summed E-state index contributed by atoms with van der Waals surface area (Å²) >= 11 is 0. The number of esters is 3. The Morgan fingerprint density at radius 2 is 0.537 bits per heavy atom. The van der Waals surface area contributed by atoms with Gasteiger partial charge in [0, 0.05) is 19.3 Å². The highest BCUT2D eigenvalue weighted by atomic mass is 16.6. The zero-order chi connectivity index (χ0) is 48.6. The number of unbranched alkanes of at least 4 members (excludes halogenated alkanes) is 13. The van der Waals surface area contributed by atoms with Gasteiger partial charge < -0.3 is 14.2 Å². The van der Waals surface area contributed by atoms with Crippen LogP contribution < -0.4 is 0 Å². The Morgan fingerprint density at radius 1 is 0.299 bits per heavy atom. The zero-order valence-corrected chi connectivity index (χ0v) is 42.9. The predicted octanol–water partition coefficient (Wildman–Crippen LogP) is 17.9. The first-order chi connectivity index (χ1) is 33.0. The topological polar surface area (TPSA) is 78.9 Å². The monoisotopic (exact) mass is 925 g/mol. The third-order valence-corrected chi connectivity index (χ3v) is 10.6. The number of carbonyl (C=O) groups is 3. The number of hydrogen-bond acceptors (Lipinski definition) is 6. The summed E-state index contributed by atoms with van der Waals surface area (Å²) < 4.78 is 16.8. The van der Waals surface area contributed by atoms with Crippen molar-refractivity contribution in [3.63, 3.8) is 0 Å². The molecule has 0 atom stereocenters. The summed E-state index contributed by atoms with van der Waals surface area (Å²) in [6.07, 6.45) is 75.7. The summed E-state index contributed by atoms with van der Waals surface area (Å²) in [4.78, 5) is 38.1. The Kier molecular flexibility index (Phi) is 50.6. The van der Waals surface area contributed by atoms with E-state index in [0.29, 0.717) is 19.3 Å². The van der Waals surface area contributed by atoms with Gasteiger partial charge in [-0.1, -0.05) is 199 Å². The quantitative estimate of drug-likeness (QED) is 0.0262. The molecule has 0 aliphatic carbocycles. The van der Waals surface area contributed by atoms with E-state index >= 15 is 0 Å². The number of rotatable bonds is 46. The van der Waals surface area contributed by atoms with Crippen molar-refractivity contribution >= 4 is 17.9 Å². The Labute approximate surface area is 411 Å². The molecule has 0 radical (unpaired) electrons. The van der Waals surface area contributed by atoms with Crippen LogP contribution in [0.3, 0.4) is 0 Å². The highest BCUT2D eigenvalue weighted by molar-refractivity contribution is 5.71. The summed E-state index contributed by atoms with van der Waals surface area (Å²) in [7, 11) is 0. The van der Waals surface area contributed by atoms with Crippen LogP contribution in [0.2, 0.25) is 0 Å². The van der Waals surface area contributed by atoms with Crippen molar-refractivity contribution < 1.29 is 28.6 Å². The lowest BCUT2D eigenvalue weighted by molar-refractivity contribution is -0.167. The molecule has 0 bridgehead atoms. The molecular formula is C61H96O6. The second-order valence-electron chi connectivity index (χ2n) is 17.0. The molecule has 0 aromatic heterocycles. The fraction of sp³-hybridized carbons (Fsp3) is 0.590. The molecule has 0 spiro atoms. The van der Waals surface area contributed by atoms with E-state index < -0.39 is 6.10 Å². The molecule has 6 heteroatoms. The molecule has 0 saturated heterocycles. The van der Waals surface area contributed by atoms with Gasteiger partial charge in [-0.3, -0.25) is 14.4 Å². The molecule has 0 N–H and O–H groups in total. The molecule has 0 aromatic carbocycles. The van der Waals surface area contributed by atoms with Gasteiger partial charge >= 0.3 is 17.9 Å². The molecule has 0 rings (SSSR count). The summed E-state index contributed by atoms with van der Waals surface area (Å²) in [6.45, 7) is 6.23. The molecular weight excluding hydrogens is 829 g/mol. The maximum Gasteiger partial charge on any atom is 0.306 e. The molecule has 67 heavy (non-hydrogen) atoms. The third-order valence-electron chi connectivity index (χ3n) is 10.6. The standard InChI is InChI=1S/C61H96O6/c1-4-7-10-13-16-19-22-25-28-30-33-35-38-41-44-47-50-53-59(62)65-56-58(67-61(64)55-52-49-46-43-40-37-32-27-24-21-18-15-12-9-6-3)57-66-60(63)54-51-48-45-42-39-36-34-31-29-26-23-20-17-14-11-8-5-2/h7-12,16-21,25-29,32-36,58H,4-6,13-15,22-24,30-31,37-57H2,1-3H3/b10-7-,11-8-,12-9-,19-16-,20-17-,21-18-,28-25-,29-26-,32-27-,35-33-,36-34-. The molecule has 0 aliphatic heterocycles. The Balaban J connectivity index is 4.53. The molecule has 0 aromatic rings. The lowest BCUT2D eigenvalue weighted by Gasteiger charge is -2.18. The van der Waals surface area contributed by atoms with Gasteiger partial charge in [-0.25, -0.2) is 0 Å². The normalized spacial score (nSPS) is 12.8. The summed E-state index contributed by atoms with van der Waals surface area (Å²) in [5, 5.41) is 0. The van der Waals surface area contributed by atoms with Gasteiger partial charge in [-0.2, -0.15) is 0 Å². The smallest absolute Gasteiger partial charge is 0.306 e. The van der Waals surface area contributed by atoms with Crippen molar-refractivity contribution in [2.45, 2.75) is 219 Å². The Hall–Kier alpha value is -4.45. The van der Waals surface area contributed by atoms with Crippen molar-refractivity contribution in [2.75, 3.05) is 13.2 Å². The Morgan fingerprint density at radius 3 is 0.836 bits per heavy atom. The van der Waals surface area contributed by atoms with Crippen LogP contribution >= 0.6 is 0 Å². The van der Waals surface area contributed by atoms with E-state index in [1.807, 2.05) is 0 Å². The zero-order valence-electron chi connectivity index (χ0n) is 42.9. The average molecular weight is 925 g/mol. The number of hydrogen-bond donors (Lipinski definition) is 0. The molecule has 376 valence electrons. The lowest BCUT2D eigenvalue weighted by Crippen LogP contribution is -2.30. The SMILES string of the molecule is CC/C=C\C/C=C\C/C=C\C/C=C\CCCCCCC(=O)OCC(COC(=O)CCCCCC/C=C\C/C=C\C/C=C\C/C=C\CC)OC(=O)CCCCCCC/C=C\C/C=C\C/C=C\CC. The van der Waals surface area contributed by atoms with E-state index in [4.69, 9.17) is 14.2 Å². The van der Waals surface area contributed by atoms with Gasteiger partial charge in [0.05, 0.1) is 0 Å². The summed E-state index contributed by atoms with van der Waals surface area (Å²) in [5.41, 5.74) is 0. The lowest BCUT2D eigenvalue weighted by atomic mass is 10.1. The molecule has 6 nitrogen and oxygen atoms in total. The van der Waals surface area contributed by atoms with Gasteiger partial charge in [0.2, 0.25) is 0 Å². The fourth-order valence-electron chi connectivity index (χ4n) is 6.73. The van der Waals surface area contributed by atoms with Gasteiger partial charge in [-0.05, 0) is 128 Å². The van der Waals surface area contributed by atoms with Crippen LogP contribution in [-0.4, -0.2) is 37.2 Å². The highest BCUT2D eigenvalue weighted by Crippen LogP contribution is 2.12. The first-order valence-electron chi connectivity index (χ1n) is 26.7. The number of allylic oxidation sites excluding steroid dienone is 22. The van der Waals surface area contributed by atoms with Gasteiger partial charge in [-0.15, -0.1) is 0 Å². The van der Waals surface area contributed by atoms with Crippen molar-refractivity contribution in [1.29, 1.82) is 0 Å². The van der Waals surface area contributed by atoms with E-state index in [-0.39, 0.29) is 31.1 Å². The molecule has 0 amide bonds. The van der Waals surface area contributed by atoms with Crippen molar-refractivity contribution in [1.82, 2.24) is 0 Å². The van der Waals surface area contributed by atoms with Crippen LogP contribution in [0.15, 0.2) is 134 Å². The first kappa shape index (κ1) is 62.5. The highest BCUT2D eigenvalue weighted by Gasteiger charge is 2.19. The van der Waals surface area contributed by atoms with Gasteiger partial charge in [0.1, 0.15) is 13.2 Å². The second kappa shape index (κ2) is 54.2. The fourth-order valence-corrected chi connectivity index (χ4v) is 6.73. The molecule has 0 fully saturated rings. The minimum absolute atomic E-state index is 0.111. The van der Waals surface area contributed by atoms with Crippen LogP contribution in [0.25, 0.3) is 0 Å². The van der Waals surface area contributed by atoms with E-state index in [2.05, 4.69) is 154 Å². The minimum Gasteiger partial charge on any atom is -0.462 e. The van der Waals surface area contributed by atoms with Crippen LogP contribution in [0.1, 0.15) is 213 Å². The molecule has 0 heterocycles. The van der Waals surface area contributed by atoms with Crippen LogP contribution in [0, 0.1) is 0 Å². The first-order valence-corrected chi connectivity index (χ1v) is 26.7.